The van der Waals surface area contributed by atoms with E-state index < -0.39 is 5.41 Å². The van der Waals surface area contributed by atoms with Crippen LogP contribution in [0.25, 0.3) is 44.5 Å². The third kappa shape index (κ3) is 5.26. The quantitative estimate of drug-likeness (QED) is 0.162. The van der Waals surface area contributed by atoms with Crippen molar-refractivity contribution in [3.63, 3.8) is 0 Å². The van der Waals surface area contributed by atoms with Gasteiger partial charge in [-0.25, -0.2) is 0 Å². The largest absolute Gasteiger partial charge is 0.310 e. The van der Waals surface area contributed by atoms with Crippen LogP contribution in [0.4, 0.5) is 17.1 Å². The van der Waals surface area contributed by atoms with Crippen molar-refractivity contribution in [1.82, 2.24) is 0 Å². The van der Waals surface area contributed by atoms with Crippen LogP contribution >= 0.6 is 0 Å². The van der Waals surface area contributed by atoms with Gasteiger partial charge in [-0.2, -0.15) is 0 Å². The molecule has 0 radical (unpaired) electrons. The maximum Gasteiger partial charge on any atom is 0.0714 e. The van der Waals surface area contributed by atoms with Crippen molar-refractivity contribution >= 4 is 17.1 Å². The Balaban J connectivity index is 1.09. The summed E-state index contributed by atoms with van der Waals surface area (Å²) >= 11 is 0. The minimum absolute atomic E-state index is 0.109. The molecule has 61 heavy (non-hydrogen) atoms. The van der Waals surface area contributed by atoms with Crippen molar-refractivity contribution in [2.45, 2.75) is 37.5 Å². The molecule has 0 saturated heterocycles. The predicted molar refractivity (Wildman–Crippen MR) is 254 cm³/mol. The summed E-state index contributed by atoms with van der Waals surface area (Å²) in [6.45, 7) is 4.82. The Hall–Kier alpha value is -7.22. The fourth-order valence-electron chi connectivity index (χ4n) is 11.3. The number of hydrogen-bond acceptors (Lipinski definition) is 1. The highest BCUT2D eigenvalue weighted by Crippen LogP contribution is 2.58. The molecule has 0 aromatic heterocycles. The van der Waals surface area contributed by atoms with E-state index in [-0.39, 0.29) is 5.41 Å². The molecule has 9 aromatic rings. The first-order valence-electron chi connectivity index (χ1n) is 21.7. The number of nitrogens with zero attached hydrogens (tertiary/aromatic N) is 1. The standard InChI is InChI=1S/C60H45N/c1-59(2)54-36-32-46(38-53(54)58-52-33-28-42-18-12-13-23-48(42)49(52)35-37-56(58)59)61(45-29-26-41(27-30-45)40-16-6-3-7-17-40)47-31-34-51-50-24-14-15-25-55(50)60(57(51)39-47,43-19-8-4-9-20-43)44-21-10-5-11-22-44/h3-27,29-32,34-39H,28,33H2,1-2H3. The van der Waals surface area contributed by atoms with Crippen LogP contribution in [0.3, 0.4) is 0 Å². The molecule has 3 aliphatic rings. The molecule has 12 rings (SSSR count). The Morgan fingerprint density at radius 1 is 0.361 bits per heavy atom. The number of hydrogen-bond donors (Lipinski definition) is 0. The summed E-state index contributed by atoms with van der Waals surface area (Å²) in [5.41, 5.74) is 24.3. The number of rotatable bonds is 6. The molecule has 0 amide bonds. The van der Waals surface area contributed by atoms with Gasteiger partial charge in [-0.05, 0) is 138 Å². The van der Waals surface area contributed by atoms with Gasteiger partial charge in [-0.3, -0.25) is 0 Å². The molecular formula is C60H45N. The van der Waals surface area contributed by atoms with Gasteiger partial charge < -0.3 is 4.90 Å². The Bertz CT molecular complexity index is 3100. The van der Waals surface area contributed by atoms with E-state index in [0.29, 0.717) is 0 Å². The first-order chi connectivity index (χ1) is 30.0. The van der Waals surface area contributed by atoms with Crippen LogP contribution in [0.1, 0.15) is 58.4 Å². The summed E-state index contributed by atoms with van der Waals surface area (Å²) < 4.78 is 0. The highest BCUT2D eigenvalue weighted by atomic mass is 15.1. The van der Waals surface area contributed by atoms with E-state index in [1.54, 1.807) is 0 Å². The van der Waals surface area contributed by atoms with Crippen molar-refractivity contribution in [3.8, 4) is 44.5 Å². The van der Waals surface area contributed by atoms with Crippen molar-refractivity contribution < 1.29 is 0 Å². The molecule has 9 aromatic carbocycles. The summed E-state index contributed by atoms with van der Waals surface area (Å²) in [7, 11) is 0. The van der Waals surface area contributed by atoms with Gasteiger partial charge >= 0.3 is 0 Å². The molecular weight excluding hydrogens is 735 g/mol. The molecule has 0 fully saturated rings. The molecule has 0 atom stereocenters. The number of fused-ring (bicyclic) bond motifs is 10. The molecule has 290 valence electrons. The van der Waals surface area contributed by atoms with Crippen molar-refractivity contribution in [2.24, 2.45) is 0 Å². The van der Waals surface area contributed by atoms with Crippen LogP contribution in [0, 0.1) is 0 Å². The molecule has 1 heteroatoms. The third-order valence-electron chi connectivity index (χ3n) is 14.1. The second-order valence-corrected chi connectivity index (χ2v) is 17.5. The zero-order valence-electron chi connectivity index (χ0n) is 34.6. The number of benzene rings is 9. The average Bonchev–Trinajstić information content (AvgIpc) is 3.75. The van der Waals surface area contributed by atoms with Crippen LogP contribution in [0.15, 0.2) is 212 Å². The molecule has 3 aliphatic carbocycles. The molecule has 0 aliphatic heterocycles. The lowest BCUT2D eigenvalue weighted by atomic mass is 9.67. The first-order valence-corrected chi connectivity index (χ1v) is 21.7. The number of anilines is 3. The van der Waals surface area contributed by atoms with Crippen LogP contribution in [-0.2, 0) is 23.7 Å². The van der Waals surface area contributed by atoms with Crippen molar-refractivity contribution in [3.05, 3.63) is 257 Å². The average molecular weight is 780 g/mol. The third-order valence-corrected chi connectivity index (χ3v) is 14.1. The van der Waals surface area contributed by atoms with E-state index in [0.717, 1.165) is 29.9 Å². The molecule has 0 unspecified atom stereocenters. The zero-order valence-corrected chi connectivity index (χ0v) is 34.6. The number of aryl methyl sites for hydroxylation is 1. The first kappa shape index (κ1) is 35.7. The Morgan fingerprint density at radius 3 is 1.64 bits per heavy atom. The molecule has 0 N–H and O–H groups in total. The molecule has 0 bridgehead atoms. The second kappa shape index (κ2) is 13.7. The van der Waals surface area contributed by atoms with E-state index in [1.807, 2.05) is 0 Å². The summed E-state index contributed by atoms with van der Waals surface area (Å²) in [6, 6.07) is 79.4. The molecule has 0 saturated carbocycles. The monoisotopic (exact) mass is 779 g/mol. The maximum atomic E-state index is 2.50. The summed E-state index contributed by atoms with van der Waals surface area (Å²) in [6.07, 6.45) is 2.11. The fraction of sp³-hybridized carbons (Fsp3) is 0.100. The Labute approximate surface area is 359 Å². The van der Waals surface area contributed by atoms with Crippen LogP contribution in [0.2, 0.25) is 0 Å². The lowest BCUT2D eigenvalue weighted by Gasteiger charge is -2.35. The van der Waals surface area contributed by atoms with Crippen LogP contribution in [0.5, 0.6) is 0 Å². The van der Waals surface area contributed by atoms with E-state index in [1.165, 1.54) is 89.0 Å². The summed E-state index contributed by atoms with van der Waals surface area (Å²) in [5, 5.41) is 0. The van der Waals surface area contributed by atoms with Crippen LogP contribution < -0.4 is 4.90 Å². The maximum absolute atomic E-state index is 2.50. The normalized spacial score (nSPS) is 14.5. The van der Waals surface area contributed by atoms with E-state index in [2.05, 4.69) is 231 Å². The Morgan fingerprint density at radius 2 is 0.902 bits per heavy atom. The van der Waals surface area contributed by atoms with E-state index in [4.69, 9.17) is 0 Å². The van der Waals surface area contributed by atoms with Crippen molar-refractivity contribution in [1.29, 1.82) is 0 Å². The topological polar surface area (TPSA) is 3.24 Å². The van der Waals surface area contributed by atoms with E-state index in [9.17, 15) is 0 Å². The summed E-state index contributed by atoms with van der Waals surface area (Å²) in [4.78, 5) is 2.49. The second-order valence-electron chi connectivity index (χ2n) is 17.5. The fourth-order valence-corrected chi connectivity index (χ4v) is 11.3. The van der Waals surface area contributed by atoms with Crippen molar-refractivity contribution in [2.75, 3.05) is 4.90 Å². The predicted octanol–water partition coefficient (Wildman–Crippen LogP) is 15.3. The van der Waals surface area contributed by atoms with Gasteiger partial charge in [0.15, 0.2) is 0 Å². The minimum Gasteiger partial charge on any atom is -0.310 e. The Kier molecular flexibility index (Phi) is 7.99. The van der Waals surface area contributed by atoms with Gasteiger partial charge in [0.1, 0.15) is 0 Å². The highest BCUT2D eigenvalue weighted by Gasteiger charge is 2.46. The van der Waals surface area contributed by atoms with Crippen LogP contribution in [-0.4, -0.2) is 0 Å². The SMILES string of the molecule is CC1(C)c2ccc(N(c3ccc(-c4ccccc4)cc3)c3ccc4c(c3)C(c3ccccc3)(c3ccccc3)c3ccccc3-4)cc2-c2c1ccc1c2CCc2ccccc2-1. The van der Waals surface area contributed by atoms with Gasteiger partial charge in [-0.15, -0.1) is 0 Å². The zero-order chi connectivity index (χ0) is 40.7. The summed E-state index contributed by atoms with van der Waals surface area (Å²) in [5.74, 6) is 0. The van der Waals surface area contributed by atoms with E-state index >= 15 is 0 Å². The highest BCUT2D eigenvalue weighted by molar-refractivity contribution is 5.94. The molecule has 0 heterocycles. The van der Waals surface area contributed by atoms with Gasteiger partial charge in [0, 0.05) is 22.5 Å². The molecule has 1 nitrogen and oxygen atoms in total. The lowest BCUT2D eigenvalue weighted by Crippen LogP contribution is -2.28. The van der Waals surface area contributed by atoms with Gasteiger partial charge in [0.2, 0.25) is 0 Å². The van der Waals surface area contributed by atoms with Gasteiger partial charge in [-0.1, -0.05) is 190 Å². The van der Waals surface area contributed by atoms with Gasteiger partial charge in [0.25, 0.3) is 0 Å². The lowest BCUT2D eigenvalue weighted by molar-refractivity contribution is 0.660. The molecule has 0 spiro atoms. The minimum atomic E-state index is -0.496. The van der Waals surface area contributed by atoms with Gasteiger partial charge in [0.05, 0.1) is 5.41 Å². The smallest absolute Gasteiger partial charge is 0.0714 e.